The molecule has 1 aliphatic heterocycles. The largest absolute Gasteiger partial charge is 0.425 e. The Morgan fingerprint density at radius 3 is 2.03 bits per heavy atom. The molecule has 4 heteroatoms. The molecule has 0 unspecified atom stereocenters. The molecule has 0 radical (unpaired) electrons. The molecule has 4 nitrogen and oxygen atoms in total. The van der Waals surface area contributed by atoms with Crippen molar-refractivity contribution < 1.29 is 18.9 Å². The Labute approximate surface area is 172 Å². The van der Waals surface area contributed by atoms with Gasteiger partial charge in [0.2, 0.25) is 0 Å². The first-order valence-electron chi connectivity index (χ1n) is 10.4. The molecular weight excluding hydrogens is 364 g/mol. The fourth-order valence-electron chi connectivity index (χ4n) is 3.90. The molecule has 0 N–H and O–H groups in total. The highest BCUT2D eigenvalue weighted by Crippen LogP contribution is 2.34. The molecule has 1 aliphatic carbocycles. The Kier molecular flexibility index (Phi) is 5.79. The fourth-order valence-corrected chi connectivity index (χ4v) is 3.90. The molecule has 0 bridgehead atoms. The minimum absolute atomic E-state index is 0.190. The van der Waals surface area contributed by atoms with Crippen LogP contribution in [0.2, 0.25) is 0 Å². The van der Waals surface area contributed by atoms with Crippen LogP contribution in [0.4, 0.5) is 0 Å². The van der Waals surface area contributed by atoms with Gasteiger partial charge in [-0.05, 0) is 80.0 Å². The van der Waals surface area contributed by atoms with Crippen LogP contribution >= 0.6 is 0 Å². The number of benzene rings is 2. The maximum atomic E-state index is 5.98. The molecule has 4 rings (SSSR count). The minimum atomic E-state index is 0.190. The zero-order valence-electron chi connectivity index (χ0n) is 17.4. The number of rotatable bonds is 5. The number of aryl methyl sites for hydroxylation is 3. The second-order valence-electron chi connectivity index (χ2n) is 7.89. The lowest BCUT2D eigenvalue weighted by Gasteiger charge is -2.22. The van der Waals surface area contributed by atoms with E-state index in [1.807, 2.05) is 25.1 Å². The molecular formula is C25H28O4. The van der Waals surface area contributed by atoms with Gasteiger partial charge in [0.05, 0.1) is 0 Å². The lowest BCUT2D eigenvalue weighted by Crippen LogP contribution is -2.12. The average molecular weight is 392 g/mol. The summed E-state index contributed by atoms with van der Waals surface area (Å²) < 4.78 is 23.0. The second kappa shape index (κ2) is 8.64. The fraction of sp³-hybridized carbons (Fsp3) is 0.360. The summed E-state index contributed by atoms with van der Waals surface area (Å²) in [4.78, 5) is 0. The first kappa shape index (κ1) is 19.4. The van der Waals surface area contributed by atoms with E-state index >= 15 is 0 Å². The van der Waals surface area contributed by atoms with Gasteiger partial charge in [0.15, 0.2) is 0 Å². The lowest BCUT2D eigenvalue weighted by molar-refractivity contribution is 0.0642. The van der Waals surface area contributed by atoms with Gasteiger partial charge < -0.3 is 18.9 Å². The van der Waals surface area contributed by atoms with Crippen molar-refractivity contribution in [3.8, 4) is 11.5 Å². The monoisotopic (exact) mass is 392 g/mol. The van der Waals surface area contributed by atoms with Crippen molar-refractivity contribution in [2.75, 3.05) is 0 Å². The SMILES string of the molecule is Cc1cc(C)c(OC2=C(Oc3ccc(C4CCCCC4)cc3)OC=CO2)cc1C. The van der Waals surface area contributed by atoms with Crippen molar-refractivity contribution in [3.63, 3.8) is 0 Å². The molecule has 0 amide bonds. The quantitative estimate of drug-likeness (QED) is 0.563. The van der Waals surface area contributed by atoms with E-state index in [9.17, 15) is 0 Å². The van der Waals surface area contributed by atoms with Gasteiger partial charge in [-0.25, -0.2) is 0 Å². The Morgan fingerprint density at radius 1 is 0.724 bits per heavy atom. The highest BCUT2D eigenvalue weighted by molar-refractivity contribution is 5.41. The van der Waals surface area contributed by atoms with E-state index in [2.05, 4.69) is 32.0 Å². The van der Waals surface area contributed by atoms with Crippen molar-refractivity contribution >= 4 is 0 Å². The summed E-state index contributed by atoms with van der Waals surface area (Å²) in [7, 11) is 0. The van der Waals surface area contributed by atoms with E-state index in [4.69, 9.17) is 18.9 Å². The molecule has 1 heterocycles. The Bertz CT molecular complexity index is 919. The van der Waals surface area contributed by atoms with Gasteiger partial charge in [0.1, 0.15) is 24.0 Å². The molecule has 2 aliphatic rings. The molecule has 152 valence electrons. The topological polar surface area (TPSA) is 36.9 Å². The Morgan fingerprint density at radius 2 is 1.34 bits per heavy atom. The summed E-state index contributed by atoms with van der Waals surface area (Å²) in [5.74, 6) is 2.46. The molecule has 29 heavy (non-hydrogen) atoms. The van der Waals surface area contributed by atoms with Gasteiger partial charge in [-0.1, -0.05) is 37.5 Å². The molecule has 0 aromatic heterocycles. The van der Waals surface area contributed by atoms with Gasteiger partial charge >= 0.3 is 11.9 Å². The van der Waals surface area contributed by atoms with Crippen LogP contribution in [-0.2, 0) is 9.47 Å². The van der Waals surface area contributed by atoms with Gasteiger partial charge in [0, 0.05) is 0 Å². The predicted octanol–water partition coefficient (Wildman–Crippen LogP) is 6.76. The summed E-state index contributed by atoms with van der Waals surface area (Å²) in [6, 6.07) is 12.4. The van der Waals surface area contributed by atoms with Crippen molar-refractivity contribution in [2.24, 2.45) is 0 Å². The predicted molar refractivity (Wildman–Crippen MR) is 113 cm³/mol. The summed E-state index contributed by atoms with van der Waals surface area (Å²) in [6.45, 7) is 6.14. The molecule has 2 aromatic rings. The summed E-state index contributed by atoms with van der Waals surface area (Å²) in [6.07, 6.45) is 9.44. The third-order valence-corrected chi connectivity index (χ3v) is 5.73. The third-order valence-electron chi connectivity index (χ3n) is 5.73. The first-order valence-corrected chi connectivity index (χ1v) is 10.4. The van der Waals surface area contributed by atoms with Crippen LogP contribution in [0.3, 0.4) is 0 Å². The van der Waals surface area contributed by atoms with E-state index in [1.54, 1.807) is 0 Å². The minimum Gasteiger partial charge on any atom is -0.425 e. The van der Waals surface area contributed by atoms with Crippen LogP contribution in [-0.4, -0.2) is 0 Å². The van der Waals surface area contributed by atoms with E-state index in [0.29, 0.717) is 11.7 Å². The molecule has 0 atom stereocenters. The number of hydrogen-bond acceptors (Lipinski definition) is 4. The van der Waals surface area contributed by atoms with Crippen LogP contribution in [0.25, 0.3) is 0 Å². The van der Waals surface area contributed by atoms with Crippen molar-refractivity contribution in [2.45, 2.75) is 58.8 Å². The van der Waals surface area contributed by atoms with E-state index in [1.165, 1.54) is 55.8 Å². The molecule has 0 saturated heterocycles. The second-order valence-corrected chi connectivity index (χ2v) is 7.89. The van der Waals surface area contributed by atoms with Crippen LogP contribution in [0.5, 0.6) is 11.5 Å². The molecule has 1 fully saturated rings. The standard InChI is InChI=1S/C25H28O4/c1-17-15-19(3)23(16-18(17)2)29-25-24(26-13-14-27-25)28-22-11-9-21(10-12-22)20-7-5-4-6-8-20/h9-16,20H,4-8H2,1-3H3. The smallest absolute Gasteiger partial charge is 0.375 e. The molecule has 2 aromatic carbocycles. The van der Waals surface area contributed by atoms with Crippen molar-refractivity contribution in [1.82, 2.24) is 0 Å². The number of hydrogen-bond donors (Lipinski definition) is 0. The van der Waals surface area contributed by atoms with Gasteiger partial charge in [-0.15, -0.1) is 0 Å². The summed E-state index contributed by atoms with van der Waals surface area (Å²) >= 11 is 0. The lowest BCUT2D eigenvalue weighted by atomic mass is 9.84. The summed E-state index contributed by atoms with van der Waals surface area (Å²) in [5.41, 5.74) is 4.78. The zero-order valence-corrected chi connectivity index (χ0v) is 17.4. The highest BCUT2D eigenvalue weighted by Gasteiger charge is 2.21. The first-order chi connectivity index (χ1) is 14.1. The highest BCUT2D eigenvalue weighted by atomic mass is 16.7. The average Bonchev–Trinajstić information content (AvgIpc) is 2.74. The van der Waals surface area contributed by atoms with Crippen LogP contribution in [0.1, 0.15) is 60.3 Å². The van der Waals surface area contributed by atoms with Gasteiger partial charge in [-0.2, -0.15) is 0 Å². The Hall–Kier alpha value is -2.88. The van der Waals surface area contributed by atoms with Crippen molar-refractivity contribution in [1.29, 1.82) is 0 Å². The third kappa shape index (κ3) is 4.58. The van der Waals surface area contributed by atoms with E-state index in [-0.39, 0.29) is 11.9 Å². The normalized spacial score (nSPS) is 16.9. The van der Waals surface area contributed by atoms with E-state index < -0.39 is 0 Å². The van der Waals surface area contributed by atoms with Crippen molar-refractivity contribution in [3.05, 3.63) is 83.1 Å². The molecule has 1 saturated carbocycles. The molecule has 0 spiro atoms. The Balaban J connectivity index is 1.51. The zero-order chi connectivity index (χ0) is 20.2. The van der Waals surface area contributed by atoms with Crippen LogP contribution in [0, 0.1) is 20.8 Å². The van der Waals surface area contributed by atoms with Crippen LogP contribution in [0.15, 0.2) is 60.8 Å². The maximum absolute atomic E-state index is 5.98. The van der Waals surface area contributed by atoms with Gasteiger partial charge in [-0.3, -0.25) is 0 Å². The van der Waals surface area contributed by atoms with Crippen LogP contribution < -0.4 is 9.47 Å². The van der Waals surface area contributed by atoms with Gasteiger partial charge in [0.25, 0.3) is 0 Å². The van der Waals surface area contributed by atoms with E-state index in [0.717, 1.165) is 16.9 Å². The maximum Gasteiger partial charge on any atom is 0.375 e. The summed E-state index contributed by atoms with van der Waals surface area (Å²) in [5, 5.41) is 0. The number of ether oxygens (including phenoxy) is 4.